The van der Waals surface area contributed by atoms with E-state index in [1.807, 2.05) is 14.0 Å². The Labute approximate surface area is 125 Å². The SMILES string of the molecule is CCCc1nc(C)c(C(=O)NCCNC)s1.Cl.Cl. The molecule has 0 unspecified atom stereocenters. The summed E-state index contributed by atoms with van der Waals surface area (Å²) in [7, 11) is 1.86. The molecule has 1 aromatic heterocycles. The van der Waals surface area contributed by atoms with Crippen molar-refractivity contribution >= 4 is 42.1 Å². The van der Waals surface area contributed by atoms with Gasteiger partial charge in [0.05, 0.1) is 10.7 Å². The minimum absolute atomic E-state index is 0. The predicted molar refractivity (Wildman–Crippen MR) is 81.6 cm³/mol. The van der Waals surface area contributed by atoms with Gasteiger partial charge in [0.15, 0.2) is 0 Å². The van der Waals surface area contributed by atoms with Gasteiger partial charge in [0.25, 0.3) is 5.91 Å². The van der Waals surface area contributed by atoms with Gasteiger partial charge in [0, 0.05) is 13.1 Å². The van der Waals surface area contributed by atoms with Gasteiger partial charge < -0.3 is 10.6 Å². The third-order valence-electron chi connectivity index (χ3n) is 2.17. The van der Waals surface area contributed by atoms with E-state index < -0.39 is 0 Å². The molecule has 0 atom stereocenters. The van der Waals surface area contributed by atoms with Gasteiger partial charge in [-0.3, -0.25) is 4.79 Å². The van der Waals surface area contributed by atoms with E-state index >= 15 is 0 Å². The summed E-state index contributed by atoms with van der Waals surface area (Å²) in [6.07, 6.45) is 2.02. The Kier molecular flexibility index (Phi) is 11.7. The van der Waals surface area contributed by atoms with Crippen molar-refractivity contribution in [3.8, 4) is 0 Å². The van der Waals surface area contributed by atoms with Crippen LogP contribution < -0.4 is 10.6 Å². The lowest BCUT2D eigenvalue weighted by atomic mass is 10.3. The Morgan fingerprint density at radius 2 is 2.00 bits per heavy atom. The molecule has 7 heteroatoms. The standard InChI is InChI=1S/C11H19N3OS.2ClH/c1-4-5-9-14-8(2)10(16-9)11(15)13-7-6-12-3;;/h12H,4-7H2,1-3H3,(H,13,15);2*1H. The molecule has 0 aliphatic carbocycles. The molecular formula is C11H21Cl2N3OS. The maximum atomic E-state index is 11.8. The lowest BCUT2D eigenvalue weighted by molar-refractivity contribution is 0.0957. The van der Waals surface area contributed by atoms with E-state index in [1.54, 1.807) is 0 Å². The zero-order valence-electron chi connectivity index (χ0n) is 10.9. The molecule has 0 bridgehead atoms. The zero-order valence-corrected chi connectivity index (χ0v) is 13.4. The molecule has 0 spiro atoms. The third-order valence-corrected chi connectivity index (χ3v) is 3.39. The summed E-state index contributed by atoms with van der Waals surface area (Å²) in [6, 6.07) is 0. The molecule has 0 aromatic carbocycles. The highest BCUT2D eigenvalue weighted by atomic mass is 35.5. The minimum Gasteiger partial charge on any atom is -0.350 e. The third kappa shape index (κ3) is 6.00. The van der Waals surface area contributed by atoms with Crippen molar-refractivity contribution in [3.05, 3.63) is 15.6 Å². The van der Waals surface area contributed by atoms with Crippen molar-refractivity contribution in [2.24, 2.45) is 0 Å². The van der Waals surface area contributed by atoms with Crippen molar-refractivity contribution < 1.29 is 4.79 Å². The van der Waals surface area contributed by atoms with Crippen LogP contribution in [0.5, 0.6) is 0 Å². The van der Waals surface area contributed by atoms with Crippen LogP contribution in [0.2, 0.25) is 0 Å². The van der Waals surface area contributed by atoms with E-state index in [0.29, 0.717) is 6.54 Å². The second kappa shape index (κ2) is 10.6. The monoisotopic (exact) mass is 313 g/mol. The van der Waals surface area contributed by atoms with Gasteiger partial charge in [-0.05, 0) is 26.8 Å². The number of nitrogens with zero attached hydrogens (tertiary/aromatic N) is 1. The highest BCUT2D eigenvalue weighted by Gasteiger charge is 2.13. The van der Waals surface area contributed by atoms with Crippen LogP contribution in [0, 0.1) is 6.92 Å². The largest absolute Gasteiger partial charge is 0.350 e. The molecule has 106 valence electrons. The first-order chi connectivity index (χ1) is 7.69. The molecule has 0 aliphatic rings. The maximum Gasteiger partial charge on any atom is 0.263 e. The molecule has 0 aliphatic heterocycles. The number of aromatic nitrogens is 1. The first-order valence-electron chi connectivity index (χ1n) is 5.58. The molecule has 0 fully saturated rings. The number of amides is 1. The first kappa shape index (κ1) is 20.0. The van der Waals surface area contributed by atoms with Gasteiger partial charge in [0.1, 0.15) is 4.88 Å². The van der Waals surface area contributed by atoms with E-state index in [1.165, 1.54) is 11.3 Å². The number of hydrogen-bond donors (Lipinski definition) is 2. The molecule has 0 radical (unpaired) electrons. The van der Waals surface area contributed by atoms with Crippen LogP contribution >= 0.6 is 36.2 Å². The number of carbonyl (C=O) groups excluding carboxylic acids is 1. The normalized spacial score (nSPS) is 9.28. The van der Waals surface area contributed by atoms with E-state index in [0.717, 1.165) is 35.0 Å². The summed E-state index contributed by atoms with van der Waals surface area (Å²) < 4.78 is 0. The van der Waals surface area contributed by atoms with Gasteiger partial charge >= 0.3 is 0 Å². The Hall–Kier alpha value is -0.360. The molecule has 4 nitrogen and oxygen atoms in total. The van der Waals surface area contributed by atoms with E-state index in [2.05, 4.69) is 22.5 Å². The summed E-state index contributed by atoms with van der Waals surface area (Å²) in [5.41, 5.74) is 0.843. The molecule has 0 saturated carbocycles. The van der Waals surface area contributed by atoms with Crippen molar-refractivity contribution in [3.63, 3.8) is 0 Å². The summed E-state index contributed by atoms with van der Waals surface area (Å²) >= 11 is 1.51. The van der Waals surface area contributed by atoms with Crippen molar-refractivity contribution in [2.45, 2.75) is 26.7 Å². The molecule has 0 saturated heterocycles. The van der Waals surface area contributed by atoms with Gasteiger partial charge in [-0.25, -0.2) is 4.98 Å². The number of thiazole rings is 1. The Morgan fingerprint density at radius 3 is 2.56 bits per heavy atom. The summed E-state index contributed by atoms with van der Waals surface area (Å²) in [4.78, 5) is 16.9. The molecular weight excluding hydrogens is 293 g/mol. The number of halogens is 2. The van der Waals surface area contributed by atoms with Crippen LogP contribution in [0.1, 0.15) is 33.7 Å². The second-order valence-electron chi connectivity index (χ2n) is 3.63. The Balaban J connectivity index is 0. The summed E-state index contributed by atoms with van der Waals surface area (Å²) in [6.45, 7) is 5.44. The average Bonchev–Trinajstić information content (AvgIpc) is 2.60. The first-order valence-corrected chi connectivity index (χ1v) is 6.39. The van der Waals surface area contributed by atoms with Crippen LogP contribution in [0.3, 0.4) is 0 Å². The smallest absolute Gasteiger partial charge is 0.263 e. The van der Waals surface area contributed by atoms with Gasteiger partial charge in [-0.2, -0.15) is 0 Å². The summed E-state index contributed by atoms with van der Waals surface area (Å²) in [5, 5.41) is 6.91. The van der Waals surface area contributed by atoms with Crippen molar-refractivity contribution in [2.75, 3.05) is 20.1 Å². The predicted octanol–water partition coefficient (Wildman–Crippen LogP) is 2.20. The van der Waals surface area contributed by atoms with Gasteiger partial charge in [0.2, 0.25) is 0 Å². The topological polar surface area (TPSA) is 54.0 Å². The number of rotatable bonds is 6. The minimum atomic E-state index is -0.00685. The second-order valence-corrected chi connectivity index (χ2v) is 4.72. The number of aryl methyl sites for hydroxylation is 2. The average molecular weight is 314 g/mol. The fourth-order valence-corrected chi connectivity index (χ4v) is 2.45. The maximum absolute atomic E-state index is 11.8. The van der Waals surface area contributed by atoms with E-state index in [4.69, 9.17) is 0 Å². The molecule has 2 N–H and O–H groups in total. The van der Waals surface area contributed by atoms with Crippen LogP contribution in [-0.2, 0) is 6.42 Å². The lowest BCUT2D eigenvalue weighted by Crippen LogP contribution is -2.30. The molecule has 18 heavy (non-hydrogen) atoms. The number of nitrogens with one attached hydrogen (secondary N) is 2. The highest BCUT2D eigenvalue weighted by molar-refractivity contribution is 7.13. The van der Waals surface area contributed by atoms with E-state index in [-0.39, 0.29) is 30.7 Å². The molecule has 1 amide bonds. The lowest BCUT2D eigenvalue weighted by Gasteiger charge is -2.02. The molecule has 1 heterocycles. The molecule has 1 aromatic rings. The van der Waals surface area contributed by atoms with Crippen molar-refractivity contribution in [1.29, 1.82) is 0 Å². The van der Waals surface area contributed by atoms with Gasteiger partial charge in [-0.15, -0.1) is 36.2 Å². The number of hydrogen-bond acceptors (Lipinski definition) is 4. The van der Waals surface area contributed by atoms with Crippen LogP contribution in [0.15, 0.2) is 0 Å². The fraction of sp³-hybridized carbons (Fsp3) is 0.636. The van der Waals surface area contributed by atoms with Crippen LogP contribution in [-0.4, -0.2) is 31.0 Å². The quantitative estimate of drug-likeness (QED) is 0.792. The van der Waals surface area contributed by atoms with Crippen LogP contribution in [0.4, 0.5) is 0 Å². The van der Waals surface area contributed by atoms with E-state index in [9.17, 15) is 4.79 Å². The van der Waals surface area contributed by atoms with Crippen molar-refractivity contribution in [1.82, 2.24) is 15.6 Å². The highest BCUT2D eigenvalue weighted by Crippen LogP contribution is 2.18. The molecule has 1 rings (SSSR count). The van der Waals surface area contributed by atoms with Crippen LogP contribution in [0.25, 0.3) is 0 Å². The van der Waals surface area contributed by atoms with Gasteiger partial charge in [-0.1, -0.05) is 6.92 Å². The number of carbonyl (C=O) groups is 1. The fourth-order valence-electron chi connectivity index (χ4n) is 1.37. The zero-order chi connectivity index (χ0) is 12.0. The Bertz CT molecular complexity index is 358. The Morgan fingerprint density at radius 1 is 1.33 bits per heavy atom. The summed E-state index contributed by atoms with van der Waals surface area (Å²) in [5.74, 6) is -0.00685. The number of likely N-dealkylation sites (N-methyl/N-ethyl adjacent to an activating group) is 1.